The average Bonchev–Trinajstić information content (AvgIpc) is 2.18. The molecule has 0 amide bonds. The molecule has 14 heavy (non-hydrogen) atoms. The van der Waals surface area contributed by atoms with Crippen molar-refractivity contribution in [2.45, 2.75) is 19.8 Å². The van der Waals surface area contributed by atoms with Crippen LogP contribution in [-0.4, -0.2) is 6.61 Å². The molecule has 0 aliphatic carbocycles. The Kier molecular flexibility index (Phi) is 4.22. The van der Waals surface area contributed by atoms with Gasteiger partial charge in [-0.05, 0) is 18.6 Å². The van der Waals surface area contributed by atoms with Gasteiger partial charge in [0.1, 0.15) is 5.69 Å². The van der Waals surface area contributed by atoms with Crippen LogP contribution in [-0.2, 0) is 4.84 Å². The molecule has 1 aromatic rings. The van der Waals surface area contributed by atoms with Gasteiger partial charge in [-0.1, -0.05) is 25.5 Å². The Morgan fingerprint density at radius 2 is 2.07 bits per heavy atom. The Hall–Kier alpha value is -1.26. The highest BCUT2D eigenvalue weighted by Crippen LogP contribution is 2.19. The number of nitrogens with zero attached hydrogens (tertiary/aromatic N) is 1. The Morgan fingerprint density at radius 1 is 1.36 bits per heavy atom. The molecule has 0 atom stereocenters. The minimum Gasteiger partial charge on any atom is -0.397 e. The van der Waals surface area contributed by atoms with Gasteiger partial charge in [-0.15, -0.1) is 0 Å². The molecule has 0 saturated heterocycles. The molecule has 0 unspecified atom stereocenters. The molecule has 0 aliphatic heterocycles. The topological polar surface area (TPSA) is 64.5 Å². The fourth-order valence-electron chi connectivity index (χ4n) is 1.07. The van der Waals surface area contributed by atoms with Gasteiger partial charge in [0, 0.05) is 0 Å². The number of nitrogen functional groups attached to an aromatic ring is 1. The minimum atomic E-state index is 0.612. The summed E-state index contributed by atoms with van der Waals surface area (Å²) in [4.78, 5) is 5.28. The Bertz CT molecular complexity index is 278. The van der Waals surface area contributed by atoms with Crippen molar-refractivity contribution in [3.8, 4) is 0 Å². The van der Waals surface area contributed by atoms with Gasteiger partial charge in [-0.25, -0.2) is 5.84 Å². The lowest BCUT2D eigenvalue weighted by atomic mass is 10.3. The molecule has 0 aliphatic rings. The highest BCUT2D eigenvalue weighted by molar-refractivity contribution is 5.65. The highest BCUT2D eigenvalue weighted by Gasteiger charge is 2.04. The monoisotopic (exact) mass is 195 g/mol. The summed E-state index contributed by atoms with van der Waals surface area (Å²) in [5.41, 5.74) is 7.04. The molecular weight excluding hydrogens is 178 g/mol. The van der Waals surface area contributed by atoms with Crippen molar-refractivity contribution in [1.29, 1.82) is 0 Å². The number of nitrogens with two attached hydrogens (primary N) is 2. The molecule has 4 nitrogen and oxygen atoms in total. The van der Waals surface area contributed by atoms with Crippen LogP contribution in [0.4, 0.5) is 11.4 Å². The van der Waals surface area contributed by atoms with Crippen LogP contribution in [0.25, 0.3) is 0 Å². The zero-order chi connectivity index (χ0) is 10.4. The van der Waals surface area contributed by atoms with E-state index in [1.807, 2.05) is 18.2 Å². The SMILES string of the molecule is CCCCON(N)c1ccccc1N. The summed E-state index contributed by atoms with van der Waals surface area (Å²) < 4.78 is 0. The van der Waals surface area contributed by atoms with Crippen LogP contribution >= 0.6 is 0 Å². The van der Waals surface area contributed by atoms with Crippen LogP contribution in [0.3, 0.4) is 0 Å². The van der Waals surface area contributed by atoms with Gasteiger partial charge in [0.05, 0.1) is 12.3 Å². The van der Waals surface area contributed by atoms with E-state index in [0.717, 1.165) is 12.8 Å². The lowest BCUT2D eigenvalue weighted by Crippen LogP contribution is -2.32. The molecule has 0 bridgehead atoms. The van der Waals surface area contributed by atoms with E-state index in [0.29, 0.717) is 18.0 Å². The molecule has 0 fully saturated rings. The highest BCUT2D eigenvalue weighted by atomic mass is 16.7. The Balaban J connectivity index is 2.51. The average molecular weight is 195 g/mol. The number of hydrogen-bond acceptors (Lipinski definition) is 4. The van der Waals surface area contributed by atoms with Crippen molar-refractivity contribution in [2.75, 3.05) is 17.5 Å². The van der Waals surface area contributed by atoms with E-state index in [1.165, 1.54) is 5.17 Å². The third-order valence-electron chi connectivity index (χ3n) is 1.90. The van der Waals surface area contributed by atoms with Gasteiger partial charge in [-0.3, -0.25) is 4.84 Å². The number of hydrazine groups is 1. The maximum Gasteiger partial charge on any atom is 0.105 e. The quantitative estimate of drug-likeness (QED) is 0.325. The summed E-state index contributed by atoms with van der Waals surface area (Å²) in [6, 6.07) is 7.34. The number of anilines is 2. The fourth-order valence-corrected chi connectivity index (χ4v) is 1.07. The molecule has 4 heteroatoms. The summed E-state index contributed by atoms with van der Waals surface area (Å²) in [5, 5.41) is 1.23. The molecule has 0 spiro atoms. The van der Waals surface area contributed by atoms with Gasteiger partial charge in [0.25, 0.3) is 0 Å². The molecular formula is C10H17N3O. The second-order valence-corrected chi connectivity index (χ2v) is 3.07. The third kappa shape index (κ3) is 2.90. The molecule has 0 saturated carbocycles. The van der Waals surface area contributed by atoms with Gasteiger partial charge in [0.2, 0.25) is 0 Å². The van der Waals surface area contributed by atoms with E-state index < -0.39 is 0 Å². The first-order chi connectivity index (χ1) is 6.75. The zero-order valence-corrected chi connectivity index (χ0v) is 8.44. The summed E-state index contributed by atoms with van der Waals surface area (Å²) in [7, 11) is 0. The zero-order valence-electron chi connectivity index (χ0n) is 8.44. The maximum absolute atomic E-state index is 5.72. The molecule has 4 N–H and O–H groups in total. The molecule has 0 radical (unpaired) electrons. The predicted molar refractivity (Wildman–Crippen MR) is 58.4 cm³/mol. The number of para-hydroxylation sites is 2. The Labute approximate surface area is 84.4 Å². The molecule has 1 rings (SSSR count). The van der Waals surface area contributed by atoms with E-state index in [9.17, 15) is 0 Å². The van der Waals surface area contributed by atoms with Crippen LogP contribution in [0, 0.1) is 0 Å². The first-order valence-corrected chi connectivity index (χ1v) is 4.78. The van der Waals surface area contributed by atoms with Crippen molar-refractivity contribution in [1.82, 2.24) is 0 Å². The number of hydrogen-bond donors (Lipinski definition) is 2. The number of rotatable bonds is 5. The van der Waals surface area contributed by atoms with Gasteiger partial charge >= 0.3 is 0 Å². The van der Waals surface area contributed by atoms with Gasteiger partial charge < -0.3 is 5.73 Å². The second-order valence-electron chi connectivity index (χ2n) is 3.07. The maximum atomic E-state index is 5.72. The first-order valence-electron chi connectivity index (χ1n) is 4.78. The predicted octanol–water partition coefficient (Wildman–Crippen LogP) is 1.68. The van der Waals surface area contributed by atoms with E-state index in [2.05, 4.69) is 6.92 Å². The van der Waals surface area contributed by atoms with Crippen molar-refractivity contribution in [3.05, 3.63) is 24.3 Å². The normalized spacial score (nSPS) is 10.1. The number of benzene rings is 1. The summed E-state index contributed by atoms with van der Waals surface area (Å²) in [6.45, 7) is 2.71. The Morgan fingerprint density at radius 3 is 2.71 bits per heavy atom. The molecule has 0 heterocycles. The van der Waals surface area contributed by atoms with E-state index in [-0.39, 0.29) is 0 Å². The summed E-state index contributed by atoms with van der Waals surface area (Å²) in [5.74, 6) is 5.67. The van der Waals surface area contributed by atoms with Crippen molar-refractivity contribution in [2.24, 2.45) is 5.84 Å². The van der Waals surface area contributed by atoms with Gasteiger partial charge in [-0.2, -0.15) is 5.17 Å². The fraction of sp³-hybridized carbons (Fsp3) is 0.400. The van der Waals surface area contributed by atoms with Gasteiger partial charge in [0.15, 0.2) is 0 Å². The third-order valence-corrected chi connectivity index (χ3v) is 1.90. The van der Waals surface area contributed by atoms with Crippen LogP contribution < -0.4 is 16.7 Å². The largest absolute Gasteiger partial charge is 0.397 e. The van der Waals surface area contributed by atoms with Crippen molar-refractivity contribution < 1.29 is 4.84 Å². The van der Waals surface area contributed by atoms with Crippen LogP contribution in [0.1, 0.15) is 19.8 Å². The summed E-state index contributed by atoms with van der Waals surface area (Å²) >= 11 is 0. The van der Waals surface area contributed by atoms with E-state index in [1.54, 1.807) is 6.07 Å². The summed E-state index contributed by atoms with van der Waals surface area (Å²) in [6.07, 6.45) is 2.07. The van der Waals surface area contributed by atoms with E-state index in [4.69, 9.17) is 16.4 Å². The lowest BCUT2D eigenvalue weighted by Gasteiger charge is -2.19. The second kappa shape index (κ2) is 5.47. The van der Waals surface area contributed by atoms with Crippen LogP contribution in [0.5, 0.6) is 0 Å². The minimum absolute atomic E-state index is 0.612. The lowest BCUT2D eigenvalue weighted by molar-refractivity contribution is 0.106. The van der Waals surface area contributed by atoms with Crippen LogP contribution in [0.15, 0.2) is 24.3 Å². The smallest absolute Gasteiger partial charge is 0.105 e. The van der Waals surface area contributed by atoms with Crippen molar-refractivity contribution >= 4 is 11.4 Å². The molecule has 0 aromatic heterocycles. The number of unbranched alkanes of at least 4 members (excludes halogenated alkanes) is 1. The van der Waals surface area contributed by atoms with E-state index >= 15 is 0 Å². The standard InChI is InChI=1S/C10H17N3O/c1-2-3-8-14-13(12)10-7-5-4-6-9(10)11/h4-7H,2-3,8,11-12H2,1H3. The molecule has 78 valence electrons. The van der Waals surface area contributed by atoms with Crippen LogP contribution in [0.2, 0.25) is 0 Å². The molecule has 1 aromatic carbocycles. The first kappa shape index (κ1) is 10.8. The van der Waals surface area contributed by atoms with Crippen molar-refractivity contribution in [3.63, 3.8) is 0 Å².